The quantitative estimate of drug-likeness (QED) is 0.719. The van der Waals surface area contributed by atoms with Gasteiger partial charge < -0.3 is 10.4 Å². The van der Waals surface area contributed by atoms with Crippen LogP contribution >= 0.6 is 0 Å². The first-order chi connectivity index (χ1) is 8.09. The molecule has 17 heavy (non-hydrogen) atoms. The zero-order valence-corrected chi connectivity index (χ0v) is 10.0. The summed E-state index contributed by atoms with van der Waals surface area (Å²) in [5, 5.41) is 11.7. The molecule has 0 amide bonds. The van der Waals surface area contributed by atoms with Gasteiger partial charge in [-0.15, -0.1) is 0 Å². The van der Waals surface area contributed by atoms with Gasteiger partial charge in [0.05, 0.1) is 0 Å². The van der Waals surface area contributed by atoms with Crippen molar-refractivity contribution in [2.24, 2.45) is 0 Å². The molecule has 0 saturated heterocycles. The summed E-state index contributed by atoms with van der Waals surface area (Å²) in [6.45, 7) is 3.21. The number of halogens is 1. The van der Waals surface area contributed by atoms with Gasteiger partial charge in [0.1, 0.15) is 5.82 Å². The Morgan fingerprint density at radius 2 is 2.18 bits per heavy atom. The van der Waals surface area contributed by atoms with E-state index in [0.717, 1.165) is 18.5 Å². The minimum absolute atomic E-state index is 0.185. The maximum absolute atomic E-state index is 13.0. The minimum atomic E-state index is -0.751. The molecule has 0 atom stereocenters. The van der Waals surface area contributed by atoms with Crippen LogP contribution < -0.4 is 5.32 Å². The lowest BCUT2D eigenvalue weighted by Crippen LogP contribution is -2.15. The monoisotopic (exact) mass is 239 g/mol. The molecule has 0 unspecified atom stereocenters. The van der Waals surface area contributed by atoms with Gasteiger partial charge in [-0.3, -0.25) is 4.79 Å². The van der Waals surface area contributed by atoms with E-state index in [1.807, 2.05) is 6.07 Å². The Balaban J connectivity index is 2.18. The van der Waals surface area contributed by atoms with Gasteiger partial charge in [0, 0.05) is 13.0 Å². The van der Waals surface area contributed by atoms with E-state index >= 15 is 0 Å². The number of aliphatic carboxylic acids is 1. The number of benzene rings is 1. The second kappa shape index (κ2) is 7.01. The Kier molecular flexibility index (Phi) is 5.63. The summed E-state index contributed by atoms with van der Waals surface area (Å²) in [6, 6.07) is 5.04. The summed E-state index contributed by atoms with van der Waals surface area (Å²) >= 11 is 0. The molecule has 0 aliphatic carbocycles. The molecule has 0 aromatic heterocycles. The normalized spacial score (nSPS) is 10.5. The Labute approximate surface area is 101 Å². The molecule has 4 heteroatoms. The van der Waals surface area contributed by atoms with Crippen LogP contribution in [0.5, 0.6) is 0 Å². The number of unbranched alkanes of at least 4 members (excludes halogenated alkanes) is 1. The van der Waals surface area contributed by atoms with Crippen LogP contribution in [0.25, 0.3) is 0 Å². The van der Waals surface area contributed by atoms with Crippen LogP contribution in [0, 0.1) is 12.7 Å². The number of rotatable bonds is 7. The van der Waals surface area contributed by atoms with E-state index < -0.39 is 5.97 Å². The fourth-order valence-electron chi connectivity index (χ4n) is 1.58. The smallest absolute Gasteiger partial charge is 0.303 e. The van der Waals surface area contributed by atoms with E-state index in [1.54, 1.807) is 13.0 Å². The summed E-state index contributed by atoms with van der Waals surface area (Å²) in [7, 11) is 0. The van der Waals surface area contributed by atoms with Gasteiger partial charge in [-0.2, -0.15) is 0 Å². The molecule has 0 aliphatic rings. The van der Waals surface area contributed by atoms with E-state index in [0.29, 0.717) is 18.5 Å². The highest BCUT2D eigenvalue weighted by atomic mass is 19.1. The second-order valence-corrected chi connectivity index (χ2v) is 4.11. The predicted octanol–water partition coefficient (Wildman–Crippen LogP) is 2.48. The average molecular weight is 239 g/mol. The predicted molar refractivity (Wildman–Crippen MR) is 64.3 cm³/mol. The summed E-state index contributed by atoms with van der Waals surface area (Å²) in [5.41, 5.74) is 1.69. The van der Waals surface area contributed by atoms with Gasteiger partial charge >= 0.3 is 5.97 Å². The molecule has 1 aromatic carbocycles. The third kappa shape index (κ3) is 5.45. The van der Waals surface area contributed by atoms with Gasteiger partial charge in [0.15, 0.2) is 0 Å². The topological polar surface area (TPSA) is 49.3 Å². The lowest BCUT2D eigenvalue weighted by atomic mass is 10.1. The van der Waals surface area contributed by atoms with Crippen molar-refractivity contribution in [3.63, 3.8) is 0 Å². The molecule has 3 nitrogen and oxygen atoms in total. The summed E-state index contributed by atoms with van der Waals surface area (Å²) in [4.78, 5) is 10.3. The molecule has 0 bridgehead atoms. The number of carbonyl (C=O) groups is 1. The van der Waals surface area contributed by atoms with Crippen LogP contribution in [-0.4, -0.2) is 17.6 Å². The van der Waals surface area contributed by atoms with Crippen LogP contribution in [0.4, 0.5) is 4.39 Å². The Morgan fingerprint density at radius 1 is 1.41 bits per heavy atom. The van der Waals surface area contributed by atoms with E-state index in [1.165, 1.54) is 6.07 Å². The summed E-state index contributed by atoms with van der Waals surface area (Å²) < 4.78 is 13.0. The van der Waals surface area contributed by atoms with Crippen molar-refractivity contribution in [1.82, 2.24) is 5.32 Å². The number of hydrogen-bond acceptors (Lipinski definition) is 2. The number of carboxylic acids is 1. The van der Waals surface area contributed by atoms with Crippen LogP contribution in [0.3, 0.4) is 0 Å². The fourth-order valence-corrected chi connectivity index (χ4v) is 1.58. The first-order valence-electron chi connectivity index (χ1n) is 5.77. The minimum Gasteiger partial charge on any atom is -0.481 e. The van der Waals surface area contributed by atoms with Gasteiger partial charge in [-0.25, -0.2) is 4.39 Å². The molecular formula is C13H18FNO2. The van der Waals surface area contributed by atoms with E-state index in [4.69, 9.17) is 5.11 Å². The highest BCUT2D eigenvalue weighted by Gasteiger charge is 1.99. The molecular weight excluding hydrogens is 221 g/mol. The highest BCUT2D eigenvalue weighted by Crippen LogP contribution is 2.08. The number of aryl methyl sites for hydroxylation is 1. The zero-order valence-electron chi connectivity index (χ0n) is 10.0. The Hall–Kier alpha value is -1.42. The lowest BCUT2D eigenvalue weighted by molar-refractivity contribution is -0.137. The molecule has 1 aromatic rings. The van der Waals surface area contributed by atoms with Crippen LogP contribution in [0.2, 0.25) is 0 Å². The first kappa shape index (κ1) is 13.6. The molecule has 0 radical (unpaired) electrons. The highest BCUT2D eigenvalue weighted by molar-refractivity contribution is 5.66. The van der Waals surface area contributed by atoms with Gasteiger partial charge in [-0.05, 0) is 43.5 Å². The molecule has 2 N–H and O–H groups in total. The van der Waals surface area contributed by atoms with Crippen molar-refractivity contribution in [3.05, 3.63) is 35.1 Å². The number of carboxylic acid groups (broad SMARTS) is 1. The van der Waals surface area contributed by atoms with E-state index in [9.17, 15) is 9.18 Å². The third-order valence-electron chi connectivity index (χ3n) is 2.55. The zero-order chi connectivity index (χ0) is 12.7. The number of hydrogen-bond donors (Lipinski definition) is 2. The molecule has 0 heterocycles. The average Bonchev–Trinajstić information content (AvgIpc) is 2.27. The third-order valence-corrected chi connectivity index (χ3v) is 2.55. The Bertz CT molecular complexity index is 380. The number of nitrogens with one attached hydrogen (secondary N) is 1. The second-order valence-electron chi connectivity index (χ2n) is 4.11. The molecule has 0 fully saturated rings. The van der Waals surface area contributed by atoms with Crippen molar-refractivity contribution < 1.29 is 14.3 Å². The fraction of sp³-hybridized carbons (Fsp3) is 0.462. The van der Waals surface area contributed by atoms with Crippen LogP contribution in [0.15, 0.2) is 18.2 Å². The Morgan fingerprint density at radius 3 is 2.82 bits per heavy atom. The van der Waals surface area contributed by atoms with Crippen molar-refractivity contribution in [2.45, 2.75) is 32.7 Å². The van der Waals surface area contributed by atoms with Gasteiger partial charge in [-0.1, -0.05) is 12.1 Å². The maximum atomic E-state index is 13.0. The summed E-state index contributed by atoms with van der Waals surface area (Å²) in [6.07, 6.45) is 1.74. The van der Waals surface area contributed by atoms with Crippen molar-refractivity contribution in [1.29, 1.82) is 0 Å². The first-order valence-corrected chi connectivity index (χ1v) is 5.77. The molecule has 0 saturated carbocycles. The van der Waals surface area contributed by atoms with Gasteiger partial charge in [0.25, 0.3) is 0 Å². The van der Waals surface area contributed by atoms with Crippen molar-refractivity contribution in [2.75, 3.05) is 6.54 Å². The molecule has 0 spiro atoms. The lowest BCUT2D eigenvalue weighted by Gasteiger charge is -2.05. The molecule has 1 rings (SSSR count). The summed E-state index contributed by atoms with van der Waals surface area (Å²) in [5.74, 6) is -0.936. The molecule has 94 valence electrons. The van der Waals surface area contributed by atoms with Crippen LogP contribution in [0.1, 0.15) is 30.4 Å². The van der Waals surface area contributed by atoms with Crippen molar-refractivity contribution in [3.8, 4) is 0 Å². The van der Waals surface area contributed by atoms with E-state index in [2.05, 4.69) is 5.32 Å². The largest absolute Gasteiger partial charge is 0.481 e. The standard InChI is InChI=1S/C13H18FNO2/c1-10-8-11(5-6-12(10)14)9-15-7-3-2-4-13(16)17/h5-6,8,15H,2-4,7,9H2,1H3,(H,16,17). The van der Waals surface area contributed by atoms with Crippen molar-refractivity contribution >= 4 is 5.97 Å². The maximum Gasteiger partial charge on any atom is 0.303 e. The van der Waals surface area contributed by atoms with Gasteiger partial charge in [0.2, 0.25) is 0 Å². The van der Waals surface area contributed by atoms with Crippen LogP contribution in [-0.2, 0) is 11.3 Å². The van der Waals surface area contributed by atoms with E-state index in [-0.39, 0.29) is 12.2 Å². The SMILES string of the molecule is Cc1cc(CNCCCCC(=O)O)ccc1F. The molecule has 0 aliphatic heterocycles.